The van der Waals surface area contributed by atoms with Gasteiger partial charge in [0.25, 0.3) is 0 Å². The monoisotopic (exact) mass is 292 g/mol. The van der Waals surface area contributed by atoms with Crippen molar-refractivity contribution in [2.75, 3.05) is 13.2 Å². The topological polar surface area (TPSA) is 93.9 Å². The lowest BCUT2D eigenvalue weighted by Crippen LogP contribution is -2.20. The molecule has 0 unspecified atom stereocenters. The normalized spacial score (nSPS) is 10.6. The van der Waals surface area contributed by atoms with Crippen LogP contribution in [0.1, 0.15) is 11.4 Å². The van der Waals surface area contributed by atoms with Crippen LogP contribution >= 0.6 is 11.6 Å². The third-order valence-corrected chi connectivity index (χ3v) is 3.02. The number of fused-ring (bicyclic) bond motifs is 1. The average molecular weight is 293 g/mol. The Bertz CT molecular complexity index is 675. The molecule has 0 bridgehead atoms. The first kappa shape index (κ1) is 14.3. The number of benzene rings is 1. The smallest absolute Gasteiger partial charge is 0.243 e. The second-order valence-corrected chi connectivity index (χ2v) is 4.41. The van der Waals surface area contributed by atoms with Crippen molar-refractivity contribution in [1.82, 2.24) is 9.55 Å². The number of alkyl halides is 1. The number of amides is 1. The Labute approximate surface area is 120 Å². The van der Waals surface area contributed by atoms with Gasteiger partial charge in [0.2, 0.25) is 5.91 Å². The van der Waals surface area contributed by atoms with Gasteiger partial charge in [-0.15, -0.1) is 11.6 Å². The molecular weight excluding hydrogens is 280 g/mol. The largest absolute Gasteiger partial charge is 0.370 e. The number of ether oxygens (including phenoxy) is 1. The molecule has 0 atom stereocenters. The van der Waals surface area contributed by atoms with Gasteiger partial charge >= 0.3 is 0 Å². The van der Waals surface area contributed by atoms with Gasteiger partial charge in [-0.2, -0.15) is 5.26 Å². The zero-order valence-electron chi connectivity index (χ0n) is 10.7. The van der Waals surface area contributed by atoms with Crippen LogP contribution in [0.4, 0.5) is 0 Å². The van der Waals surface area contributed by atoms with E-state index in [1.165, 1.54) is 0 Å². The van der Waals surface area contributed by atoms with Gasteiger partial charge in [0, 0.05) is 6.54 Å². The first-order valence-electron chi connectivity index (χ1n) is 5.97. The number of hydrogen-bond donors (Lipinski definition) is 1. The molecule has 0 fully saturated rings. The summed E-state index contributed by atoms with van der Waals surface area (Å²) in [6.45, 7) is 0.683. The Morgan fingerprint density at radius 1 is 1.55 bits per heavy atom. The third-order valence-electron chi connectivity index (χ3n) is 2.78. The number of hydrogen-bond acceptors (Lipinski definition) is 4. The van der Waals surface area contributed by atoms with E-state index in [-0.39, 0.29) is 12.5 Å². The Morgan fingerprint density at radius 2 is 2.35 bits per heavy atom. The molecule has 2 aromatic rings. The number of primary amides is 1. The van der Waals surface area contributed by atoms with Crippen molar-refractivity contribution in [3.8, 4) is 6.07 Å². The number of nitrogens with zero attached hydrogens (tertiary/aromatic N) is 3. The van der Waals surface area contributed by atoms with Crippen molar-refractivity contribution in [2.24, 2.45) is 5.73 Å². The molecule has 2 N–H and O–H groups in total. The molecule has 1 aromatic carbocycles. The fourth-order valence-electron chi connectivity index (χ4n) is 1.92. The number of carbonyl (C=O) groups is 1. The van der Waals surface area contributed by atoms with Crippen LogP contribution in [-0.2, 0) is 22.0 Å². The van der Waals surface area contributed by atoms with Gasteiger partial charge in [0.05, 0.1) is 35.2 Å². The van der Waals surface area contributed by atoms with Crippen molar-refractivity contribution < 1.29 is 9.53 Å². The van der Waals surface area contributed by atoms with Gasteiger partial charge < -0.3 is 15.0 Å². The second-order valence-electron chi connectivity index (χ2n) is 4.15. The van der Waals surface area contributed by atoms with Gasteiger partial charge in [0.1, 0.15) is 12.4 Å². The maximum Gasteiger partial charge on any atom is 0.243 e. The lowest BCUT2D eigenvalue weighted by atomic mass is 10.2. The number of nitriles is 1. The number of carbonyl (C=O) groups excluding carboxylic acids is 1. The highest BCUT2D eigenvalue weighted by Gasteiger charge is 2.10. The summed E-state index contributed by atoms with van der Waals surface area (Å²) in [5, 5.41) is 8.95. The second kappa shape index (κ2) is 6.37. The molecule has 0 aliphatic carbocycles. The molecule has 1 aromatic heterocycles. The van der Waals surface area contributed by atoms with Gasteiger partial charge in [-0.05, 0) is 18.2 Å². The highest BCUT2D eigenvalue weighted by atomic mass is 35.5. The molecule has 0 aliphatic heterocycles. The van der Waals surface area contributed by atoms with E-state index in [1.807, 2.05) is 4.57 Å². The van der Waals surface area contributed by atoms with Gasteiger partial charge in [0.15, 0.2) is 0 Å². The van der Waals surface area contributed by atoms with Crippen LogP contribution in [0.5, 0.6) is 0 Å². The lowest BCUT2D eigenvalue weighted by molar-refractivity contribution is -0.122. The van der Waals surface area contributed by atoms with Crippen LogP contribution in [-0.4, -0.2) is 28.7 Å². The van der Waals surface area contributed by atoms with Crippen molar-refractivity contribution in [3.05, 3.63) is 29.6 Å². The standard InChI is InChI=1S/C13H13ClN4O2/c14-6-13-17-10-2-1-9(7-15)5-11(10)18(13)3-4-20-8-12(16)19/h1-2,5H,3-4,6,8H2,(H2,16,19). The molecule has 0 aliphatic rings. The van der Waals surface area contributed by atoms with Crippen LogP contribution in [0.3, 0.4) is 0 Å². The summed E-state index contributed by atoms with van der Waals surface area (Å²) in [6, 6.07) is 7.34. The highest BCUT2D eigenvalue weighted by Crippen LogP contribution is 2.19. The number of nitrogens with two attached hydrogens (primary N) is 1. The van der Waals surface area contributed by atoms with Crippen LogP contribution in [0.2, 0.25) is 0 Å². The number of rotatable bonds is 6. The number of halogens is 1. The first-order chi connectivity index (χ1) is 9.65. The molecule has 7 heteroatoms. The molecule has 1 amide bonds. The van der Waals surface area contributed by atoms with Gasteiger partial charge in [-0.3, -0.25) is 4.79 Å². The van der Waals surface area contributed by atoms with Crippen molar-refractivity contribution in [1.29, 1.82) is 5.26 Å². The Hall–Kier alpha value is -2.10. The summed E-state index contributed by atoms with van der Waals surface area (Å²) < 4.78 is 7.02. The third kappa shape index (κ3) is 3.07. The molecule has 0 saturated carbocycles. The van der Waals surface area contributed by atoms with E-state index in [9.17, 15) is 4.79 Å². The van der Waals surface area contributed by atoms with E-state index in [2.05, 4.69) is 11.1 Å². The van der Waals surface area contributed by atoms with E-state index in [0.717, 1.165) is 11.0 Å². The van der Waals surface area contributed by atoms with Crippen molar-refractivity contribution >= 4 is 28.5 Å². The minimum Gasteiger partial charge on any atom is -0.370 e. The molecule has 0 saturated heterocycles. The van der Waals surface area contributed by atoms with Crippen molar-refractivity contribution in [2.45, 2.75) is 12.4 Å². The summed E-state index contributed by atoms with van der Waals surface area (Å²) in [5.74, 6) is 0.441. The summed E-state index contributed by atoms with van der Waals surface area (Å²) in [5.41, 5.74) is 7.14. The highest BCUT2D eigenvalue weighted by molar-refractivity contribution is 6.16. The number of imidazole rings is 1. The quantitative estimate of drug-likeness (QED) is 0.638. The van der Waals surface area contributed by atoms with E-state index in [1.54, 1.807) is 18.2 Å². The van der Waals surface area contributed by atoms with Crippen LogP contribution in [0.25, 0.3) is 11.0 Å². The predicted octanol–water partition coefficient (Wildman–Crippen LogP) is 1.15. The minimum absolute atomic E-state index is 0.119. The van der Waals surface area contributed by atoms with Gasteiger partial charge in [-0.1, -0.05) is 0 Å². The average Bonchev–Trinajstić information content (AvgIpc) is 2.80. The van der Waals surface area contributed by atoms with E-state index < -0.39 is 5.91 Å². The summed E-state index contributed by atoms with van der Waals surface area (Å²) >= 11 is 5.88. The summed E-state index contributed by atoms with van der Waals surface area (Å²) in [6.07, 6.45) is 0. The molecule has 2 rings (SSSR count). The lowest BCUT2D eigenvalue weighted by Gasteiger charge is -2.07. The van der Waals surface area contributed by atoms with Gasteiger partial charge in [-0.25, -0.2) is 4.98 Å². The predicted molar refractivity (Wildman–Crippen MR) is 74.0 cm³/mol. The van der Waals surface area contributed by atoms with Crippen LogP contribution in [0, 0.1) is 11.3 Å². The fraction of sp³-hybridized carbons (Fsp3) is 0.308. The summed E-state index contributed by atoms with van der Waals surface area (Å²) in [7, 11) is 0. The number of aromatic nitrogens is 2. The molecule has 0 radical (unpaired) electrons. The van der Waals surface area contributed by atoms with Crippen molar-refractivity contribution in [3.63, 3.8) is 0 Å². The molecule has 1 heterocycles. The molecule has 20 heavy (non-hydrogen) atoms. The Balaban J connectivity index is 2.25. The zero-order valence-corrected chi connectivity index (χ0v) is 11.4. The van der Waals surface area contributed by atoms with E-state index >= 15 is 0 Å². The maximum atomic E-state index is 10.6. The summed E-state index contributed by atoms with van der Waals surface area (Å²) in [4.78, 5) is 15.0. The minimum atomic E-state index is -0.509. The van der Waals surface area contributed by atoms with E-state index in [0.29, 0.717) is 24.5 Å². The maximum absolute atomic E-state index is 10.6. The fourth-order valence-corrected chi connectivity index (χ4v) is 2.13. The molecular formula is C13H13ClN4O2. The van der Waals surface area contributed by atoms with Crippen LogP contribution in [0.15, 0.2) is 18.2 Å². The molecule has 0 spiro atoms. The van der Waals surface area contributed by atoms with E-state index in [4.69, 9.17) is 27.3 Å². The van der Waals surface area contributed by atoms with Crippen LogP contribution < -0.4 is 5.73 Å². The molecule has 6 nitrogen and oxygen atoms in total. The Kier molecular flexibility index (Phi) is 4.56. The molecule has 104 valence electrons. The first-order valence-corrected chi connectivity index (χ1v) is 6.50. The Morgan fingerprint density at radius 3 is 3.00 bits per heavy atom. The SMILES string of the molecule is N#Cc1ccc2nc(CCl)n(CCOCC(N)=O)c2c1. The zero-order chi connectivity index (χ0) is 14.5.